The molecule has 0 aliphatic heterocycles. The highest BCUT2D eigenvalue weighted by atomic mass is 32.2. The van der Waals surface area contributed by atoms with Crippen LogP contribution in [-0.4, -0.2) is 35.7 Å². The molecule has 13 heteroatoms. The molecule has 2 rings (SSSR count). The third-order valence-electron chi connectivity index (χ3n) is 3.70. The molecule has 0 fully saturated rings. The molecule has 0 aliphatic rings. The Hall–Kier alpha value is -3.35. The van der Waals surface area contributed by atoms with Crippen molar-refractivity contribution in [2.24, 2.45) is 10.2 Å². The van der Waals surface area contributed by atoms with E-state index in [0.29, 0.717) is 0 Å². The topological polar surface area (TPSA) is 82.9 Å². The van der Waals surface area contributed by atoms with Gasteiger partial charge in [0.25, 0.3) is 0 Å². The van der Waals surface area contributed by atoms with Crippen LogP contribution in [0.1, 0.15) is 22.3 Å². The molecule has 2 aromatic carbocycles. The Kier molecular flexibility index (Phi) is 9.02. The van der Waals surface area contributed by atoms with Crippen molar-refractivity contribution >= 4 is 36.0 Å². The predicted molar refractivity (Wildman–Crippen MR) is 112 cm³/mol. The first-order valence-electron chi connectivity index (χ1n) is 9.01. The van der Waals surface area contributed by atoms with Crippen LogP contribution < -0.4 is 10.9 Å². The number of thioether (sulfide) groups is 1. The highest BCUT2D eigenvalue weighted by molar-refractivity contribution is 8.00. The number of benzene rings is 2. The van der Waals surface area contributed by atoms with E-state index in [2.05, 4.69) is 21.1 Å². The van der Waals surface area contributed by atoms with Crippen molar-refractivity contribution in [1.82, 2.24) is 10.9 Å². The van der Waals surface area contributed by atoms with Crippen molar-refractivity contribution in [3.63, 3.8) is 0 Å². The van der Waals surface area contributed by atoms with Crippen LogP contribution in [0.25, 0.3) is 0 Å². The van der Waals surface area contributed by atoms with Gasteiger partial charge in [-0.3, -0.25) is 9.59 Å². The van der Waals surface area contributed by atoms with E-state index in [1.165, 1.54) is 24.3 Å². The minimum atomic E-state index is -4.50. The lowest BCUT2D eigenvalue weighted by Gasteiger charge is -2.06. The fraction of sp³-hybridized carbons (Fsp3) is 0.200. The summed E-state index contributed by atoms with van der Waals surface area (Å²) in [6, 6.07) is 8.71. The highest BCUT2D eigenvalue weighted by Gasteiger charge is 2.30. The molecule has 2 N–H and O–H groups in total. The first-order valence-corrected chi connectivity index (χ1v) is 10.2. The average molecular weight is 490 g/mol. The summed E-state index contributed by atoms with van der Waals surface area (Å²) in [4.78, 5) is 23.3. The normalized spacial score (nSPS) is 12.3. The summed E-state index contributed by atoms with van der Waals surface area (Å²) >= 11 is 0.904. The third-order valence-corrected chi connectivity index (χ3v) is 4.63. The van der Waals surface area contributed by atoms with Gasteiger partial charge in [0.05, 0.1) is 35.1 Å². The van der Waals surface area contributed by atoms with Gasteiger partial charge in [0.15, 0.2) is 0 Å². The molecular formula is C20H16F6N4O2S. The summed E-state index contributed by atoms with van der Waals surface area (Å²) in [5, 5.41) is 7.12. The number of hydrogen-bond acceptors (Lipinski definition) is 5. The second-order valence-electron chi connectivity index (χ2n) is 6.33. The number of hydrogen-bond donors (Lipinski definition) is 2. The lowest BCUT2D eigenvalue weighted by atomic mass is 10.1. The molecular weight excluding hydrogens is 474 g/mol. The number of amides is 2. The van der Waals surface area contributed by atoms with Crippen molar-refractivity contribution in [3.8, 4) is 0 Å². The molecule has 0 unspecified atom stereocenters. The van der Waals surface area contributed by atoms with E-state index in [0.717, 1.165) is 48.5 Å². The molecule has 2 amide bonds. The molecule has 0 aromatic heterocycles. The van der Waals surface area contributed by atoms with Gasteiger partial charge in [-0.1, -0.05) is 24.3 Å². The van der Waals surface area contributed by atoms with Gasteiger partial charge >= 0.3 is 12.4 Å². The summed E-state index contributed by atoms with van der Waals surface area (Å²) < 4.78 is 75.9. The smallest absolute Gasteiger partial charge is 0.272 e. The fourth-order valence-corrected chi connectivity index (χ4v) is 2.85. The number of carbonyl (C=O) groups excluding carboxylic acids is 2. The van der Waals surface area contributed by atoms with Gasteiger partial charge in [0, 0.05) is 0 Å². The summed E-state index contributed by atoms with van der Waals surface area (Å²) in [6.45, 7) is 0. The summed E-state index contributed by atoms with van der Waals surface area (Å²) in [6.07, 6.45) is -6.90. The maximum absolute atomic E-state index is 12.6. The van der Waals surface area contributed by atoms with Gasteiger partial charge in [-0.15, -0.1) is 11.8 Å². The molecule has 0 spiro atoms. The number of halogens is 6. The minimum absolute atomic E-state index is 0.135. The molecule has 0 bridgehead atoms. The Morgan fingerprint density at radius 1 is 0.758 bits per heavy atom. The first kappa shape index (κ1) is 25.9. The Labute approximate surface area is 188 Å². The Morgan fingerprint density at radius 3 is 1.52 bits per heavy atom. The SMILES string of the molecule is O=C(CSCC(=O)N/N=C\c1cccc(C(F)(F)F)c1)N/N=C\c1cccc(C(F)(F)F)c1. The van der Waals surface area contributed by atoms with E-state index in [9.17, 15) is 35.9 Å². The number of alkyl halides is 6. The van der Waals surface area contributed by atoms with Crippen molar-refractivity contribution in [3.05, 3.63) is 70.8 Å². The van der Waals surface area contributed by atoms with Crippen molar-refractivity contribution in [1.29, 1.82) is 0 Å². The van der Waals surface area contributed by atoms with Gasteiger partial charge < -0.3 is 0 Å². The van der Waals surface area contributed by atoms with Gasteiger partial charge in [-0.05, 0) is 35.4 Å². The standard InChI is InChI=1S/C20H16F6N4O2S/c21-19(22,23)15-5-1-3-13(7-15)9-27-29-17(31)11-33-12-18(32)30-28-10-14-4-2-6-16(8-14)20(24,25)26/h1-10H,11-12H2,(H,29,31)(H,30,32)/b27-9-,28-10-. The maximum Gasteiger partial charge on any atom is 0.416 e. The summed E-state index contributed by atoms with van der Waals surface area (Å²) in [5.74, 6) is -1.54. The van der Waals surface area contributed by atoms with Crippen LogP contribution in [0.4, 0.5) is 26.3 Å². The Morgan fingerprint density at radius 2 is 1.15 bits per heavy atom. The second-order valence-corrected chi connectivity index (χ2v) is 7.31. The van der Waals surface area contributed by atoms with Crippen molar-refractivity contribution in [2.45, 2.75) is 12.4 Å². The Balaban J connectivity index is 1.71. The molecule has 33 heavy (non-hydrogen) atoms. The quantitative estimate of drug-likeness (QED) is 0.333. The molecule has 0 saturated heterocycles. The summed E-state index contributed by atoms with van der Waals surface area (Å²) in [5.41, 5.74) is 2.81. The van der Waals surface area contributed by atoms with E-state index in [1.54, 1.807) is 0 Å². The van der Waals surface area contributed by atoms with Crippen LogP contribution in [0.3, 0.4) is 0 Å². The second kappa shape index (κ2) is 11.5. The lowest BCUT2D eigenvalue weighted by Crippen LogP contribution is -2.23. The van der Waals surface area contributed by atoms with Crippen LogP contribution in [0.2, 0.25) is 0 Å². The first-order chi connectivity index (χ1) is 15.4. The third kappa shape index (κ3) is 9.35. The molecule has 0 aliphatic carbocycles. The number of hydrazone groups is 2. The van der Waals surface area contributed by atoms with E-state index < -0.39 is 35.3 Å². The van der Waals surface area contributed by atoms with Crippen molar-refractivity contribution in [2.75, 3.05) is 11.5 Å². The highest BCUT2D eigenvalue weighted by Crippen LogP contribution is 2.30. The van der Waals surface area contributed by atoms with Gasteiger partial charge in [-0.25, -0.2) is 10.9 Å². The van der Waals surface area contributed by atoms with Crippen LogP contribution >= 0.6 is 11.8 Å². The fourth-order valence-electron chi connectivity index (χ4n) is 2.25. The van der Waals surface area contributed by atoms with Crippen LogP contribution in [0, 0.1) is 0 Å². The van der Waals surface area contributed by atoms with E-state index in [4.69, 9.17) is 0 Å². The maximum atomic E-state index is 12.6. The Bertz CT molecular complexity index is 956. The lowest BCUT2D eigenvalue weighted by molar-refractivity contribution is -0.138. The number of nitrogens with zero attached hydrogens (tertiary/aromatic N) is 2. The molecule has 176 valence electrons. The zero-order valence-corrected chi connectivity index (χ0v) is 17.4. The average Bonchev–Trinajstić information content (AvgIpc) is 2.73. The largest absolute Gasteiger partial charge is 0.416 e. The van der Waals surface area contributed by atoms with E-state index in [-0.39, 0.29) is 22.6 Å². The van der Waals surface area contributed by atoms with Gasteiger partial charge in [-0.2, -0.15) is 36.5 Å². The van der Waals surface area contributed by atoms with Crippen LogP contribution in [0.5, 0.6) is 0 Å². The molecule has 0 heterocycles. The predicted octanol–water partition coefficient (Wildman–Crippen LogP) is 4.06. The number of nitrogens with one attached hydrogen (secondary N) is 2. The number of carbonyl (C=O) groups is 2. The summed E-state index contributed by atoms with van der Waals surface area (Å²) in [7, 11) is 0. The van der Waals surface area contributed by atoms with E-state index in [1.807, 2.05) is 0 Å². The molecule has 0 radical (unpaired) electrons. The minimum Gasteiger partial charge on any atom is -0.272 e. The molecule has 0 saturated carbocycles. The molecule has 0 atom stereocenters. The van der Waals surface area contributed by atoms with Crippen molar-refractivity contribution < 1.29 is 35.9 Å². The van der Waals surface area contributed by atoms with E-state index >= 15 is 0 Å². The zero-order valence-electron chi connectivity index (χ0n) is 16.6. The van der Waals surface area contributed by atoms with Crippen LogP contribution in [0.15, 0.2) is 58.7 Å². The van der Waals surface area contributed by atoms with Gasteiger partial charge in [0.1, 0.15) is 0 Å². The zero-order chi connectivity index (χ0) is 24.5. The monoisotopic (exact) mass is 490 g/mol. The molecule has 2 aromatic rings. The molecule has 6 nitrogen and oxygen atoms in total. The van der Waals surface area contributed by atoms with Crippen LogP contribution in [-0.2, 0) is 21.9 Å². The number of rotatable bonds is 8. The van der Waals surface area contributed by atoms with Gasteiger partial charge in [0.2, 0.25) is 11.8 Å².